The van der Waals surface area contributed by atoms with E-state index in [-0.39, 0.29) is 0 Å². The second-order valence-electron chi connectivity index (χ2n) is 6.57. The minimum Gasteiger partial charge on any atom is -0.398 e. The molecule has 0 amide bonds. The van der Waals surface area contributed by atoms with Crippen LogP contribution in [0.5, 0.6) is 0 Å². The molecular weight excluding hydrogens is 294 g/mol. The van der Waals surface area contributed by atoms with Gasteiger partial charge in [-0.05, 0) is 37.5 Å². The number of nitrogens with two attached hydrogens (primary N) is 1. The van der Waals surface area contributed by atoms with Crippen molar-refractivity contribution in [2.75, 3.05) is 5.73 Å². The second-order valence-corrected chi connectivity index (χ2v) is 6.57. The van der Waals surface area contributed by atoms with Crippen molar-refractivity contribution in [1.82, 2.24) is 4.98 Å². The summed E-state index contributed by atoms with van der Waals surface area (Å²) < 4.78 is 0. The maximum Gasteiger partial charge on any atom is 0.0883 e. The number of para-hydroxylation sites is 1. The highest BCUT2D eigenvalue weighted by Gasteiger charge is 2.19. The molecule has 24 heavy (non-hydrogen) atoms. The summed E-state index contributed by atoms with van der Waals surface area (Å²) in [5.41, 5.74) is 11.6. The Kier molecular flexibility index (Phi) is 5.09. The van der Waals surface area contributed by atoms with Gasteiger partial charge >= 0.3 is 0 Å². The molecule has 0 radical (unpaired) electrons. The first-order valence-corrected chi connectivity index (χ1v) is 8.70. The molecule has 1 aliphatic carbocycles. The van der Waals surface area contributed by atoms with Crippen LogP contribution in [0, 0.1) is 6.92 Å². The summed E-state index contributed by atoms with van der Waals surface area (Å²) >= 11 is 0. The van der Waals surface area contributed by atoms with Crippen LogP contribution in [0.25, 0.3) is 5.70 Å². The first kappa shape index (κ1) is 16.4. The first-order chi connectivity index (χ1) is 11.6. The molecule has 1 fully saturated rings. The number of pyridine rings is 1. The number of nitrogens with zero attached hydrogens (tertiary/aromatic N) is 2. The van der Waals surface area contributed by atoms with Gasteiger partial charge in [0.2, 0.25) is 0 Å². The zero-order chi connectivity index (χ0) is 16.9. The second kappa shape index (κ2) is 7.43. The van der Waals surface area contributed by atoms with Crippen molar-refractivity contribution in [2.45, 2.75) is 44.9 Å². The van der Waals surface area contributed by atoms with E-state index < -0.39 is 0 Å². The highest BCUT2D eigenvalue weighted by Crippen LogP contribution is 2.33. The number of aromatic nitrogens is 1. The van der Waals surface area contributed by atoms with Crippen molar-refractivity contribution in [3.05, 3.63) is 65.5 Å². The number of hydrogen-bond donors (Lipinski definition) is 1. The summed E-state index contributed by atoms with van der Waals surface area (Å²) in [6, 6.07) is 11.8. The van der Waals surface area contributed by atoms with E-state index in [9.17, 15) is 0 Å². The fourth-order valence-corrected chi connectivity index (χ4v) is 3.34. The van der Waals surface area contributed by atoms with Crippen molar-refractivity contribution in [2.24, 2.45) is 4.99 Å². The molecule has 0 atom stereocenters. The van der Waals surface area contributed by atoms with Gasteiger partial charge in [0.1, 0.15) is 0 Å². The molecule has 1 aromatic heterocycles. The van der Waals surface area contributed by atoms with Gasteiger partial charge in [-0.15, -0.1) is 0 Å². The monoisotopic (exact) mass is 319 g/mol. The highest BCUT2D eigenvalue weighted by atomic mass is 14.8. The van der Waals surface area contributed by atoms with Crippen LogP contribution in [0.1, 0.15) is 60.5 Å². The molecule has 2 N–H and O–H groups in total. The Hall–Kier alpha value is -2.42. The van der Waals surface area contributed by atoms with Gasteiger partial charge in [-0.1, -0.05) is 50.1 Å². The SMILES string of the molecule is C=C(/N=C\c1ccccc1N)c1ccc(C)c(C2CCCCC2)n1. The Bertz CT molecular complexity index is 755. The van der Waals surface area contributed by atoms with Crippen molar-refractivity contribution >= 4 is 17.6 Å². The standard InChI is InChI=1S/C21H25N3/c1-15-12-13-20(24-21(15)17-8-4-3-5-9-17)16(2)23-14-18-10-6-7-11-19(18)22/h6-7,10-14,17H,2-5,8-9,22H2,1H3/b23-14-. The predicted molar refractivity (Wildman–Crippen MR) is 102 cm³/mol. The lowest BCUT2D eigenvalue weighted by Gasteiger charge is -2.23. The quantitative estimate of drug-likeness (QED) is 0.629. The molecule has 3 nitrogen and oxygen atoms in total. The number of rotatable bonds is 4. The number of nitrogen functional groups attached to an aromatic ring is 1. The van der Waals surface area contributed by atoms with Gasteiger partial charge in [0.25, 0.3) is 0 Å². The molecule has 0 unspecified atom stereocenters. The van der Waals surface area contributed by atoms with Crippen LogP contribution in [-0.4, -0.2) is 11.2 Å². The summed E-state index contributed by atoms with van der Waals surface area (Å²) in [4.78, 5) is 9.37. The lowest BCUT2D eigenvalue weighted by atomic mass is 9.85. The third kappa shape index (κ3) is 3.73. The Morgan fingerprint density at radius 1 is 1.17 bits per heavy atom. The molecule has 0 spiro atoms. The van der Waals surface area contributed by atoms with Crippen LogP contribution in [-0.2, 0) is 0 Å². The largest absolute Gasteiger partial charge is 0.398 e. The van der Waals surface area contributed by atoms with Crippen LogP contribution < -0.4 is 5.73 Å². The average Bonchev–Trinajstić information content (AvgIpc) is 2.62. The van der Waals surface area contributed by atoms with E-state index in [1.807, 2.05) is 30.3 Å². The van der Waals surface area contributed by atoms with E-state index >= 15 is 0 Å². The van der Waals surface area contributed by atoms with E-state index in [4.69, 9.17) is 10.7 Å². The van der Waals surface area contributed by atoms with Gasteiger partial charge in [-0.25, -0.2) is 0 Å². The topological polar surface area (TPSA) is 51.3 Å². The van der Waals surface area contributed by atoms with E-state index in [2.05, 4.69) is 24.6 Å². The molecule has 1 heterocycles. The molecule has 1 saturated carbocycles. The summed E-state index contributed by atoms with van der Waals surface area (Å²) in [7, 11) is 0. The van der Waals surface area contributed by atoms with Crippen LogP contribution in [0.15, 0.2) is 48.0 Å². The summed E-state index contributed by atoms with van der Waals surface area (Å²) in [5.74, 6) is 0.584. The molecule has 0 bridgehead atoms. The lowest BCUT2D eigenvalue weighted by Crippen LogP contribution is -2.09. The maximum absolute atomic E-state index is 5.95. The summed E-state index contributed by atoms with van der Waals surface area (Å²) in [6.07, 6.45) is 8.22. The van der Waals surface area contributed by atoms with Gasteiger partial charge < -0.3 is 5.73 Å². The lowest BCUT2D eigenvalue weighted by molar-refractivity contribution is 0.435. The first-order valence-electron chi connectivity index (χ1n) is 8.70. The normalized spacial score (nSPS) is 15.7. The third-order valence-electron chi connectivity index (χ3n) is 4.78. The van der Waals surface area contributed by atoms with Gasteiger partial charge in [0, 0.05) is 29.1 Å². The van der Waals surface area contributed by atoms with Gasteiger partial charge in [-0.2, -0.15) is 0 Å². The Morgan fingerprint density at radius 2 is 1.92 bits per heavy atom. The zero-order valence-corrected chi connectivity index (χ0v) is 14.3. The van der Waals surface area contributed by atoms with E-state index in [0.29, 0.717) is 17.3 Å². The minimum absolute atomic E-state index is 0.584. The number of anilines is 1. The summed E-state index contributed by atoms with van der Waals surface area (Å²) in [5, 5.41) is 0. The Balaban J connectivity index is 1.81. The molecule has 1 aromatic carbocycles. The van der Waals surface area contributed by atoms with E-state index in [0.717, 1.165) is 11.3 Å². The summed E-state index contributed by atoms with van der Waals surface area (Å²) in [6.45, 7) is 6.23. The van der Waals surface area contributed by atoms with Gasteiger partial charge in [-0.3, -0.25) is 9.98 Å². The van der Waals surface area contributed by atoms with Crippen molar-refractivity contribution in [1.29, 1.82) is 0 Å². The van der Waals surface area contributed by atoms with Crippen LogP contribution in [0.4, 0.5) is 5.69 Å². The molecule has 3 rings (SSSR count). The van der Waals surface area contributed by atoms with Gasteiger partial charge in [0.15, 0.2) is 0 Å². The number of hydrogen-bond acceptors (Lipinski definition) is 3. The van der Waals surface area contributed by atoms with Crippen LogP contribution >= 0.6 is 0 Å². The smallest absolute Gasteiger partial charge is 0.0883 e. The zero-order valence-electron chi connectivity index (χ0n) is 14.3. The van der Waals surface area contributed by atoms with Crippen molar-refractivity contribution < 1.29 is 0 Å². The number of aryl methyl sites for hydroxylation is 1. The fourth-order valence-electron chi connectivity index (χ4n) is 3.34. The molecule has 2 aromatic rings. The maximum atomic E-state index is 5.95. The molecule has 3 heteroatoms. The molecular formula is C21H25N3. The Labute approximate surface area is 144 Å². The van der Waals surface area contributed by atoms with E-state index in [1.54, 1.807) is 6.21 Å². The molecule has 124 valence electrons. The fraction of sp³-hybridized carbons (Fsp3) is 0.333. The molecule has 0 saturated heterocycles. The highest BCUT2D eigenvalue weighted by molar-refractivity contribution is 5.90. The predicted octanol–water partition coefficient (Wildman–Crippen LogP) is 5.11. The number of aliphatic imine (C=N–C) groups is 1. The van der Waals surface area contributed by atoms with Crippen LogP contribution in [0.2, 0.25) is 0 Å². The molecule has 1 aliphatic rings. The number of benzene rings is 1. The third-order valence-corrected chi connectivity index (χ3v) is 4.78. The van der Waals surface area contributed by atoms with Crippen LogP contribution in [0.3, 0.4) is 0 Å². The average molecular weight is 319 g/mol. The molecule has 0 aliphatic heterocycles. The minimum atomic E-state index is 0.584. The van der Waals surface area contributed by atoms with Crippen molar-refractivity contribution in [3.63, 3.8) is 0 Å². The van der Waals surface area contributed by atoms with E-state index in [1.165, 1.54) is 43.4 Å². The van der Waals surface area contributed by atoms with Crippen molar-refractivity contribution in [3.8, 4) is 0 Å². The van der Waals surface area contributed by atoms with Gasteiger partial charge in [0.05, 0.1) is 11.4 Å². The Morgan fingerprint density at radius 3 is 2.67 bits per heavy atom.